The molecule has 0 amide bonds. The van der Waals surface area contributed by atoms with Gasteiger partial charge in [-0.15, -0.1) is 0 Å². The van der Waals surface area contributed by atoms with Crippen LogP contribution in [0, 0.1) is 0 Å². The Hall–Kier alpha value is -1.10. The third-order valence-electron chi connectivity index (χ3n) is 2.54. The summed E-state index contributed by atoms with van der Waals surface area (Å²) in [6.07, 6.45) is 1.99. The number of hydrogen-bond donors (Lipinski definition) is 2. The van der Waals surface area contributed by atoms with Crippen molar-refractivity contribution in [2.45, 2.75) is 25.8 Å². The number of nitrogens with two attached hydrogens (primary N) is 1. The van der Waals surface area contributed by atoms with Crippen molar-refractivity contribution in [3.8, 4) is 5.75 Å². The van der Waals surface area contributed by atoms with Gasteiger partial charge >= 0.3 is 0 Å². The molecular weight excluding hydrogens is 230 g/mol. The van der Waals surface area contributed by atoms with Crippen molar-refractivity contribution in [3.63, 3.8) is 0 Å². The third-order valence-corrected chi connectivity index (χ3v) is 2.54. The largest absolute Gasteiger partial charge is 0.491 e. The van der Waals surface area contributed by atoms with E-state index in [2.05, 4.69) is 12.1 Å². The van der Waals surface area contributed by atoms with Gasteiger partial charge in [0.15, 0.2) is 0 Å². The number of rotatable bonds is 9. The summed E-state index contributed by atoms with van der Waals surface area (Å²) in [5.74, 6) is 0.840. The molecule has 18 heavy (non-hydrogen) atoms. The van der Waals surface area contributed by atoms with Crippen molar-refractivity contribution in [1.29, 1.82) is 0 Å². The zero-order valence-electron chi connectivity index (χ0n) is 11.0. The zero-order chi connectivity index (χ0) is 13.2. The first-order valence-electron chi connectivity index (χ1n) is 6.38. The highest BCUT2D eigenvalue weighted by molar-refractivity contribution is 5.27. The second-order valence-corrected chi connectivity index (χ2v) is 4.34. The number of benzene rings is 1. The average molecular weight is 253 g/mol. The maximum absolute atomic E-state index is 8.53. The summed E-state index contributed by atoms with van der Waals surface area (Å²) >= 11 is 0. The first-order chi connectivity index (χ1) is 8.72. The van der Waals surface area contributed by atoms with Crippen LogP contribution >= 0.6 is 0 Å². The Morgan fingerprint density at radius 2 is 1.89 bits per heavy atom. The number of aryl methyl sites for hydroxylation is 1. The molecule has 0 fully saturated rings. The van der Waals surface area contributed by atoms with E-state index in [4.69, 9.17) is 20.3 Å². The summed E-state index contributed by atoms with van der Waals surface area (Å²) < 4.78 is 10.6. The fourth-order valence-corrected chi connectivity index (χ4v) is 1.53. The van der Waals surface area contributed by atoms with E-state index in [-0.39, 0.29) is 12.6 Å². The van der Waals surface area contributed by atoms with Crippen LogP contribution in [-0.4, -0.2) is 37.6 Å². The van der Waals surface area contributed by atoms with Crippen molar-refractivity contribution >= 4 is 0 Å². The van der Waals surface area contributed by atoms with Crippen LogP contribution in [-0.2, 0) is 11.2 Å². The molecule has 102 valence electrons. The van der Waals surface area contributed by atoms with Gasteiger partial charge in [0.25, 0.3) is 0 Å². The summed E-state index contributed by atoms with van der Waals surface area (Å²) in [6.45, 7) is 3.42. The molecule has 0 heterocycles. The normalized spacial score (nSPS) is 12.4. The molecule has 1 atom stereocenters. The predicted molar refractivity (Wildman–Crippen MR) is 71.8 cm³/mol. The molecule has 1 rings (SSSR count). The van der Waals surface area contributed by atoms with Gasteiger partial charge in [-0.05, 0) is 37.5 Å². The molecule has 0 aromatic heterocycles. The molecule has 0 bridgehead atoms. The SMILES string of the molecule is CC(N)CCc1ccc(OCCOCCO)cc1. The molecule has 0 spiro atoms. The quantitative estimate of drug-likeness (QED) is 0.652. The zero-order valence-corrected chi connectivity index (χ0v) is 11.0. The number of ether oxygens (including phenoxy) is 2. The van der Waals surface area contributed by atoms with Crippen molar-refractivity contribution < 1.29 is 14.6 Å². The number of aliphatic hydroxyl groups excluding tert-OH is 1. The second kappa shape index (κ2) is 8.91. The molecule has 1 unspecified atom stereocenters. The predicted octanol–water partition coefficient (Wildman–Crippen LogP) is 1.35. The smallest absolute Gasteiger partial charge is 0.119 e. The van der Waals surface area contributed by atoms with Crippen molar-refractivity contribution in [2.75, 3.05) is 26.4 Å². The van der Waals surface area contributed by atoms with E-state index in [0.717, 1.165) is 18.6 Å². The van der Waals surface area contributed by atoms with Gasteiger partial charge in [0.1, 0.15) is 12.4 Å². The van der Waals surface area contributed by atoms with E-state index in [1.165, 1.54) is 5.56 Å². The highest BCUT2D eigenvalue weighted by Gasteiger charge is 1.98. The van der Waals surface area contributed by atoms with E-state index in [9.17, 15) is 0 Å². The Bertz CT molecular complexity index is 311. The van der Waals surface area contributed by atoms with Gasteiger partial charge in [-0.1, -0.05) is 12.1 Å². The van der Waals surface area contributed by atoms with Crippen molar-refractivity contribution in [1.82, 2.24) is 0 Å². The molecule has 0 aliphatic heterocycles. The lowest BCUT2D eigenvalue weighted by molar-refractivity contribution is 0.0705. The minimum absolute atomic E-state index is 0.0499. The van der Waals surface area contributed by atoms with Gasteiger partial charge < -0.3 is 20.3 Å². The summed E-state index contributed by atoms with van der Waals surface area (Å²) in [4.78, 5) is 0. The van der Waals surface area contributed by atoms with Gasteiger partial charge in [-0.2, -0.15) is 0 Å². The van der Waals surface area contributed by atoms with Crippen LogP contribution in [0.15, 0.2) is 24.3 Å². The molecule has 0 saturated heterocycles. The van der Waals surface area contributed by atoms with Crippen LogP contribution in [0.3, 0.4) is 0 Å². The lowest BCUT2D eigenvalue weighted by Crippen LogP contribution is -2.15. The van der Waals surface area contributed by atoms with Gasteiger partial charge in [0.2, 0.25) is 0 Å². The Morgan fingerprint density at radius 1 is 1.17 bits per heavy atom. The Kier molecular flexibility index (Phi) is 7.41. The van der Waals surface area contributed by atoms with E-state index < -0.39 is 0 Å². The first-order valence-corrected chi connectivity index (χ1v) is 6.38. The summed E-state index contributed by atoms with van der Waals surface area (Å²) in [5, 5.41) is 8.53. The second-order valence-electron chi connectivity index (χ2n) is 4.34. The van der Waals surface area contributed by atoms with Crippen molar-refractivity contribution in [3.05, 3.63) is 29.8 Å². The highest BCUT2D eigenvalue weighted by atomic mass is 16.5. The van der Waals surface area contributed by atoms with E-state index >= 15 is 0 Å². The molecule has 1 aromatic rings. The van der Waals surface area contributed by atoms with Crippen LogP contribution in [0.5, 0.6) is 5.75 Å². The summed E-state index contributed by atoms with van der Waals surface area (Å²) in [7, 11) is 0. The summed E-state index contributed by atoms with van der Waals surface area (Å²) in [6, 6.07) is 8.29. The summed E-state index contributed by atoms with van der Waals surface area (Å²) in [5.41, 5.74) is 6.99. The highest BCUT2D eigenvalue weighted by Crippen LogP contribution is 2.13. The Morgan fingerprint density at radius 3 is 2.50 bits per heavy atom. The van der Waals surface area contributed by atoms with Crippen LogP contribution in [0.4, 0.5) is 0 Å². The Labute approximate surface area is 109 Å². The topological polar surface area (TPSA) is 64.7 Å². The third kappa shape index (κ3) is 6.59. The van der Waals surface area contributed by atoms with Gasteiger partial charge in [0, 0.05) is 6.04 Å². The first kappa shape index (κ1) is 15.0. The molecule has 1 aromatic carbocycles. The van der Waals surface area contributed by atoms with E-state index in [1.807, 2.05) is 19.1 Å². The standard InChI is InChI=1S/C14H23NO3/c1-12(15)2-3-13-4-6-14(7-5-13)18-11-10-17-9-8-16/h4-7,12,16H,2-3,8-11,15H2,1H3. The van der Waals surface area contributed by atoms with Crippen LogP contribution < -0.4 is 10.5 Å². The fourth-order valence-electron chi connectivity index (χ4n) is 1.53. The molecule has 0 radical (unpaired) electrons. The monoisotopic (exact) mass is 253 g/mol. The maximum Gasteiger partial charge on any atom is 0.119 e. The molecular formula is C14H23NO3. The van der Waals surface area contributed by atoms with Crippen LogP contribution in [0.25, 0.3) is 0 Å². The Balaban J connectivity index is 2.23. The average Bonchev–Trinajstić information content (AvgIpc) is 2.37. The fraction of sp³-hybridized carbons (Fsp3) is 0.571. The maximum atomic E-state index is 8.53. The van der Waals surface area contributed by atoms with Crippen LogP contribution in [0.1, 0.15) is 18.9 Å². The van der Waals surface area contributed by atoms with Gasteiger partial charge in [-0.25, -0.2) is 0 Å². The molecule has 4 nitrogen and oxygen atoms in total. The van der Waals surface area contributed by atoms with Crippen LogP contribution in [0.2, 0.25) is 0 Å². The van der Waals surface area contributed by atoms with E-state index in [0.29, 0.717) is 19.8 Å². The molecule has 0 aliphatic rings. The van der Waals surface area contributed by atoms with Crippen molar-refractivity contribution in [2.24, 2.45) is 5.73 Å². The number of aliphatic hydroxyl groups is 1. The molecule has 0 saturated carbocycles. The lowest BCUT2D eigenvalue weighted by atomic mass is 10.1. The molecule has 3 N–H and O–H groups in total. The lowest BCUT2D eigenvalue weighted by Gasteiger charge is -2.08. The molecule has 0 aliphatic carbocycles. The van der Waals surface area contributed by atoms with Gasteiger partial charge in [-0.3, -0.25) is 0 Å². The minimum Gasteiger partial charge on any atom is -0.491 e. The van der Waals surface area contributed by atoms with E-state index in [1.54, 1.807) is 0 Å². The van der Waals surface area contributed by atoms with Gasteiger partial charge in [0.05, 0.1) is 19.8 Å². The number of hydrogen-bond acceptors (Lipinski definition) is 4. The minimum atomic E-state index is 0.0499. The molecule has 4 heteroatoms.